The van der Waals surface area contributed by atoms with E-state index in [0.717, 1.165) is 5.52 Å². The normalized spacial score (nSPS) is 31.5. The van der Waals surface area contributed by atoms with E-state index >= 15 is 0 Å². The molecule has 0 spiro atoms. The van der Waals surface area contributed by atoms with E-state index in [2.05, 4.69) is 20.9 Å². The molecule has 126 valence electrons. The van der Waals surface area contributed by atoms with Crippen LogP contribution < -0.4 is 4.74 Å². The molecule has 1 aliphatic rings. The molecule has 23 heavy (non-hydrogen) atoms. The maximum Gasteiger partial charge on any atom is 0.229 e. The van der Waals surface area contributed by atoms with Crippen LogP contribution in [0.1, 0.15) is 0 Å². The van der Waals surface area contributed by atoms with Crippen molar-refractivity contribution in [2.24, 2.45) is 0 Å². The Kier molecular flexibility index (Phi) is 4.84. The lowest BCUT2D eigenvalue weighted by Crippen LogP contribution is -2.60. The standard InChI is InChI=1S/C14H15BrClNO6/c15-5-1-2-6-9(10(5)16)7(3-17-6)22-14-13(21)12(20)11(19)8(4-18)23-14/h1-3,8,11-14,17-21H,4H2/t8?,11-,12-,13?,14+/m1/s1. The monoisotopic (exact) mass is 407 g/mol. The van der Waals surface area contributed by atoms with Gasteiger partial charge in [-0.3, -0.25) is 0 Å². The Hall–Kier alpha value is -0.870. The minimum atomic E-state index is -1.50. The van der Waals surface area contributed by atoms with Gasteiger partial charge in [0.05, 0.1) is 22.5 Å². The topological polar surface area (TPSA) is 115 Å². The third kappa shape index (κ3) is 2.96. The third-order valence-corrected chi connectivity index (χ3v) is 5.07. The Morgan fingerprint density at radius 2 is 1.96 bits per heavy atom. The summed E-state index contributed by atoms with van der Waals surface area (Å²) in [5.41, 5.74) is 0.720. The molecule has 0 saturated carbocycles. The van der Waals surface area contributed by atoms with Crippen molar-refractivity contribution < 1.29 is 29.9 Å². The average molecular weight is 409 g/mol. The number of hydrogen-bond donors (Lipinski definition) is 5. The number of benzene rings is 1. The Bertz CT molecular complexity index is 708. The number of aromatic amines is 1. The first-order valence-electron chi connectivity index (χ1n) is 6.86. The van der Waals surface area contributed by atoms with Crippen LogP contribution in [0, 0.1) is 0 Å². The second-order valence-electron chi connectivity index (χ2n) is 5.25. The Labute approximate surface area is 144 Å². The van der Waals surface area contributed by atoms with Crippen LogP contribution in [0.5, 0.6) is 5.75 Å². The van der Waals surface area contributed by atoms with E-state index in [4.69, 9.17) is 21.1 Å². The first-order valence-corrected chi connectivity index (χ1v) is 8.03. The van der Waals surface area contributed by atoms with Crippen molar-refractivity contribution in [1.82, 2.24) is 4.98 Å². The fourth-order valence-corrected chi connectivity index (χ4v) is 3.10. The van der Waals surface area contributed by atoms with Crippen molar-refractivity contribution in [3.05, 3.63) is 27.8 Å². The minimum absolute atomic E-state index is 0.315. The van der Waals surface area contributed by atoms with Gasteiger partial charge in [-0.05, 0) is 28.1 Å². The van der Waals surface area contributed by atoms with E-state index in [9.17, 15) is 20.4 Å². The van der Waals surface area contributed by atoms with E-state index in [1.165, 1.54) is 0 Å². The third-order valence-electron chi connectivity index (χ3n) is 3.79. The summed E-state index contributed by atoms with van der Waals surface area (Å²) >= 11 is 9.58. The number of hydrogen-bond acceptors (Lipinski definition) is 6. The number of aromatic nitrogens is 1. The highest BCUT2D eigenvalue weighted by Gasteiger charge is 2.44. The summed E-state index contributed by atoms with van der Waals surface area (Å²) in [4.78, 5) is 2.98. The molecule has 5 N–H and O–H groups in total. The van der Waals surface area contributed by atoms with Crippen molar-refractivity contribution in [3.8, 4) is 5.75 Å². The predicted molar refractivity (Wildman–Crippen MR) is 85.4 cm³/mol. The van der Waals surface area contributed by atoms with Crippen LogP contribution >= 0.6 is 27.5 Å². The Balaban J connectivity index is 1.91. The second-order valence-corrected chi connectivity index (χ2v) is 6.48. The van der Waals surface area contributed by atoms with E-state index in [1.807, 2.05) is 0 Å². The van der Waals surface area contributed by atoms with Gasteiger partial charge in [-0.1, -0.05) is 11.6 Å². The number of H-pyrrole nitrogens is 1. The number of halogens is 2. The minimum Gasteiger partial charge on any atom is -0.460 e. The molecule has 0 radical (unpaired) electrons. The summed E-state index contributed by atoms with van der Waals surface area (Å²) in [5, 5.41) is 39.8. The average Bonchev–Trinajstić information content (AvgIpc) is 2.95. The summed E-state index contributed by atoms with van der Waals surface area (Å²) in [6.07, 6.45) is -5.17. The summed E-state index contributed by atoms with van der Waals surface area (Å²) in [7, 11) is 0. The summed E-state index contributed by atoms with van der Waals surface area (Å²) in [6, 6.07) is 3.57. The van der Waals surface area contributed by atoms with Crippen LogP contribution in [0.4, 0.5) is 0 Å². The first kappa shape index (κ1) is 17.0. The number of aliphatic hydroxyl groups excluding tert-OH is 4. The van der Waals surface area contributed by atoms with Crippen LogP contribution in [-0.4, -0.2) is 62.7 Å². The molecule has 0 amide bonds. The highest BCUT2D eigenvalue weighted by molar-refractivity contribution is 9.10. The maximum atomic E-state index is 10.0. The molecule has 2 aromatic rings. The molecule has 2 heterocycles. The van der Waals surface area contributed by atoms with Gasteiger partial charge >= 0.3 is 0 Å². The predicted octanol–water partition coefficient (Wildman–Crippen LogP) is 0.762. The molecule has 3 rings (SSSR count). The number of nitrogens with one attached hydrogen (secondary N) is 1. The lowest BCUT2D eigenvalue weighted by atomic mass is 9.99. The van der Waals surface area contributed by atoms with Gasteiger partial charge in [-0.15, -0.1) is 0 Å². The number of fused-ring (bicyclic) bond motifs is 1. The SMILES string of the molecule is OCC1O[C@H](Oc2c[nH]c3ccc(Br)c(Cl)c23)C(O)[C@H](O)[C@@H]1O. The molecule has 1 aromatic heterocycles. The Morgan fingerprint density at radius 3 is 2.65 bits per heavy atom. The summed E-state index contributed by atoms with van der Waals surface area (Å²) in [5.74, 6) is 0.315. The zero-order chi connectivity index (χ0) is 16.7. The van der Waals surface area contributed by atoms with E-state index in [-0.39, 0.29) is 0 Å². The number of aliphatic hydroxyl groups is 4. The van der Waals surface area contributed by atoms with Gasteiger partial charge in [0.2, 0.25) is 6.29 Å². The first-order chi connectivity index (χ1) is 10.9. The quantitative estimate of drug-likeness (QED) is 0.512. The highest BCUT2D eigenvalue weighted by Crippen LogP contribution is 2.38. The van der Waals surface area contributed by atoms with Gasteiger partial charge in [0.1, 0.15) is 30.2 Å². The van der Waals surface area contributed by atoms with Crippen molar-refractivity contribution in [3.63, 3.8) is 0 Å². The van der Waals surface area contributed by atoms with Crippen molar-refractivity contribution >= 4 is 38.4 Å². The molecule has 9 heteroatoms. The van der Waals surface area contributed by atoms with E-state index in [0.29, 0.717) is 20.6 Å². The van der Waals surface area contributed by atoms with E-state index in [1.54, 1.807) is 18.3 Å². The van der Waals surface area contributed by atoms with Crippen LogP contribution in [0.15, 0.2) is 22.8 Å². The van der Waals surface area contributed by atoms with Gasteiger partial charge in [-0.25, -0.2) is 0 Å². The smallest absolute Gasteiger partial charge is 0.229 e. The molecule has 7 nitrogen and oxygen atoms in total. The lowest BCUT2D eigenvalue weighted by Gasteiger charge is -2.39. The van der Waals surface area contributed by atoms with Crippen molar-refractivity contribution in [2.45, 2.75) is 30.7 Å². The largest absolute Gasteiger partial charge is 0.460 e. The molecule has 1 aliphatic heterocycles. The summed E-state index contributed by atoms with van der Waals surface area (Å²) in [6.45, 7) is -0.523. The molecular weight excluding hydrogens is 394 g/mol. The summed E-state index contributed by atoms with van der Waals surface area (Å²) < 4.78 is 11.6. The van der Waals surface area contributed by atoms with E-state index < -0.39 is 37.3 Å². The molecule has 0 aliphatic carbocycles. The second kappa shape index (κ2) is 6.56. The van der Waals surface area contributed by atoms with Gasteiger partial charge in [0.15, 0.2) is 0 Å². The number of ether oxygens (including phenoxy) is 2. The fraction of sp³-hybridized carbons (Fsp3) is 0.429. The van der Waals surface area contributed by atoms with Gasteiger partial charge in [-0.2, -0.15) is 0 Å². The van der Waals surface area contributed by atoms with Gasteiger partial charge in [0, 0.05) is 10.7 Å². The fourth-order valence-electron chi connectivity index (χ4n) is 2.51. The molecule has 1 aromatic carbocycles. The zero-order valence-corrected chi connectivity index (χ0v) is 14.0. The molecule has 1 saturated heterocycles. The van der Waals surface area contributed by atoms with Crippen LogP contribution in [0.3, 0.4) is 0 Å². The zero-order valence-electron chi connectivity index (χ0n) is 11.7. The van der Waals surface area contributed by atoms with Crippen molar-refractivity contribution in [2.75, 3.05) is 6.61 Å². The van der Waals surface area contributed by atoms with Gasteiger partial charge < -0.3 is 34.9 Å². The van der Waals surface area contributed by atoms with Crippen LogP contribution in [-0.2, 0) is 4.74 Å². The Morgan fingerprint density at radius 1 is 1.22 bits per heavy atom. The number of rotatable bonds is 3. The molecular formula is C14H15BrClNO6. The van der Waals surface area contributed by atoms with Crippen LogP contribution in [0.25, 0.3) is 10.9 Å². The van der Waals surface area contributed by atoms with Crippen LogP contribution in [0.2, 0.25) is 5.02 Å². The molecule has 1 fully saturated rings. The maximum absolute atomic E-state index is 10.0. The van der Waals surface area contributed by atoms with Crippen molar-refractivity contribution in [1.29, 1.82) is 0 Å². The highest BCUT2D eigenvalue weighted by atomic mass is 79.9. The molecule has 0 bridgehead atoms. The van der Waals surface area contributed by atoms with Gasteiger partial charge in [0.25, 0.3) is 0 Å². The molecule has 2 unspecified atom stereocenters. The lowest BCUT2D eigenvalue weighted by molar-refractivity contribution is -0.277. The molecule has 5 atom stereocenters.